The quantitative estimate of drug-likeness (QED) is 0.774. The fraction of sp³-hybridized carbons (Fsp3) is 0.500. The van der Waals surface area contributed by atoms with Crippen LogP contribution < -0.4 is 10.1 Å². The van der Waals surface area contributed by atoms with Crippen molar-refractivity contribution in [3.8, 4) is 5.75 Å². The van der Waals surface area contributed by atoms with Crippen LogP contribution in [0, 0.1) is 0 Å². The highest BCUT2D eigenvalue weighted by molar-refractivity contribution is 5.46. The van der Waals surface area contributed by atoms with Gasteiger partial charge in [-0.2, -0.15) is 0 Å². The lowest BCUT2D eigenvalue weighted by Gasteiger charge is -2.16. The summed E-state index contributed by atoms with van der Waals surface area (Å²) in [4.78, 5) is 0. The Hall–Kier alpha value is -1.18. The number of anilines is 1. The molecule has 0 heterocycles. The van der Waals surface area contributed by atoms with Crippen molar-refractivity contribution < 1.29 is 4.74 Å². The van der Waals surface area contributed by atoms with Crippen LogP contribution in [0.25, 0.3) is 0 Å². The predicted molar refractivity (Wildman–Crippen MR) is 61.0 cm³/mol. The lowest BCUT2D eigenvalue weighted by Crippen LogP contribution is -2.16. The van der Waals surface area contributed by atoms with Crippen LogP contribution in [0.4, 0.5) is 5.69 Å². The maximum absolute atomic E-state index is 5.10. The van der Waals surface area contributed by atoms with E-state index in [0.717, 1.165) is 18.6 Å². The van der Waals surface area contributed by atoms with Gasteiger partial charge in [-0.3, -0.25) is 0 Å². The molecule has 0 aliphatic heterocycles. The van der Waals surface area contributed by atoms with Crippen molar-refractivity contribution in [2.24, 2.45) is 0 Å². The summed E-state index contributed by atoms with van der Waals surface area (Å²) in [6.45, 7) is 4.40. The second kappa shape index (κ2) is 5.53. The largest absolute Gasteiger partial charge is 0.497 e. The van der Waals surface area contributed by atoms with Gasteiger partial charge in [0.15, 0.2) is 0 Å². The molecule has 0 saturated heterocycles. The van der Waals surface area contributed by atoms with Gasteiger partial charge in [0.05, 0.1) is 7.11 Å². The standard InChI is InChI=1S/C12H19NO/c1-4-10(5-2)13-11-6-8-12(14-3)9-7-11/h6-10,13H,4-5H2,1-3H3. The van der Waals surface area contributed by atoms with Gasteiger partial charge < -0.3 is 10.1 Å². The van der Waals surface area contributed by atoms with Gasteiger partial charge in [0.25, 0.3) is 0 Å². The van der Waals surface area contributed by atoms with E-state index in [1.165, 1.54) is 5.69 Å². The number of methoxy groups -OCH3 is 1. The summed E-state index contributed by atoms with van der Waals surface area (Å²) in [5, 5.41) is 3.47. The maximum Gasteiger partial charge on any atom is 0.119 e. The Labute approximate surface area is 86.3 Å². The highest BCUT2D eigenvalue weighted by atomic mass is 16.5. The van der Waals surface area contributed by atoms with Crippen LogP contribution >= 0.6 is 0 Å². The third kappa shape index (κ3) is 2.95. The SMILES string of the molecule is CCC(CC)Nc1ccc(OC)cc1. The van der Waals surface area contributed by atoms with Gasteiger partial charge in [-0.15, -0.1) is 0 Å². The first-order chi connectivity index (χ1) is 6.80. The van der Waals surface area contributed by atoms with Gasteiger partial charge in [-0.05, 0) is 37.1 Å². The fourth-order valence-corrected chi connectivity index (χ4v) is 1.42. The van der Waals surface area contributed by atoms with Gasteiger partial charge >= 0.3 is 0 Å². The van der Waals surface area contributed by atoms with Crippen molar-refractivity contribution in [1.29, 1.82) is 0 Å². The molecule has 78 valence electrons. The third-order valence-corrected chi connectivity index (χ3v) is 2.45. The minimum Gasteiger partial charge on any atom is -0.497 e. The molecule has 0 spiro atoms. The van der Waals surface area contributed by atoms with Gasteiger partial charge in [-0.1, -0.05) is 13.8 Å². The smallest absolute Gasteiger partial charge is 0.119 e. The fourth-order valence-electron chi connectivity index (χ4n) is 1.42. The first-order valence-electron chi connectivity index (χ1n) is 5.20. The zero-order valence-corrected chi connectivity index (χ0v) is 9.21. The van der Waals surface area contributed by atoms with Gasteiger partial charge in [-0.25, -0.2) is 0 Å². The maximum atomic E-state index is 5.10. The first kappa shape index (κ1) is 10.9. The van der Waals surface area contributed by atoms with E-state index in [1.54, 1.807) is 7.11 Å². The van der Waals surface area contributed by atoms with Gasteiger partial charge in [0, 0.05) is 11.7 Å². The Morgan fingerprint density at radius 2 is 1.71 bits per heavy atom. The van der Waals surface area contributed by atoms with E-state index in [9.17, 15) is 0 Å². The number of rotatable bonds is 5. The molecule has 0 radical (unpaired) electrons. The average Bonchev–Trinajstić information content (AvgIpc) is 2.26. The minimum atomic E-state index is 0.573. The van der Waals surface area contributed by atoms with Crippen molar-refractivity contribution >= 4 is 5.69 Å². The number of hydrogen-bond acceptors (Lipinski definition) is 2. The molecular weight excluding hydrogens is 174 g/mol. The van der Waals surface area contributed by atoms with Crippen LogP contribution in [-0.2, 0) is 0 Å². The molecule has 0 aromatic heterocycles. The zero-order chi connectivity index (χ0) is 10.4. The molecule has 1 N–H and O–H groups in total. The van der Waals surface area contributed by atoms with Crippen LogP contribution in [0.15, 0.2) is 24.3 Å². The molecular formula is C12H19NO. The molecule has 0 saturated carbocycles. The summed E-state index contributed by atoms with van der Waals surface area (Å²) < 4.78 is 5.10. The second-order valence-electron chi connectivity index (χ2n) is 3.39. The molecule has 0 aliphatic rings. The predicted octanol–water partition coefficient (Wildman–Crippen LogP) is 3.30. The molecule has 0 atom stereocenters. The van der Waals surface area contributed by atoms with Crippen LogP contribution in [0.2, 0.25) is 0 Å². The number of nitrogens with one attached hydrogen (secondary N) is 1. The summed E-state index contributed by atoms with van der Waals surface area (Å²) in [6.07, 6.45) is 2.31. The first-order valence-corrected chi connectivity index (χ1v) is 5.20. The van der Waals surface area contributed by atoms with Crippen LogP contribution in [0.5, 0.6) is 5.75 Å². The van der Waals surface area contributed by atoms with Gasteiger partial charge in [0.2, 0.25) is 0 Å². The van der Waals surface area contributed by atoms with Crippen molar-refractivity contribution in [3.63, 3.8) is 0 Å². The topological polar surface area (TPSA) is 21.3 Å². The number of benzene rings is 1. The van der Waals surface area contributed by atoms with E-state index in [1.807, 2.05) is 12.1 Å². The lowest BCUT2D eigenvalue weighted by molar-refractivity contribution is 0.415. The molecule has 0 fully saturated rings. The Morgan fingerprint density at radius 1 is 1.14 bits per heavy atom. The molecule has 0 amide bonds. The number of ether oxygens (including phenoxy) is 1. The summed E-state index contributed by atoms with van der Waals surface area (Å²) in [7, 11) is 1.68. The summed E-state index contributed by atoms with van der Waals surface area (Å²) in [6, 6.07) is 8.63. The monoisotopic (exact) mass is 193 g/mol. The molecule has 2 heteroatoms. The minimum absolute atomic E-state index is 0.573. The molecule has 1 rings (SSSR count). The van der Waals surface area contributed by atoms with E-state index < -0.39 is 0 Å². The Kier molecular flexibility index (Phi) is 4.30. The number of hydrogen-bond donors (Lipinski definition) is 1. The second-order valence-corrected chi connectivity index (χ2v) is 3.39. The Bertz CT molecular complexity index is 252. The Morgan fingerprint density at radius 3 is 2.14 bits per heavy atom. The molecule has 2 nitrogen and oxygen atoms in total. The third-order valence-electron chi connectivity index (χ3n) is 2.45. The van der Waals surface area contributed by atoms with Crippen molar-refractivity contribution in [3.05, 3.63) is 24.3 Å². The van der Waals surface area contributed by atoms with Crippen molar-refractivity contribution in [2.75, 3.05) is 12.4 Å². The molecule has 0 aliphatic carbocycles. The van der Waals surface area contributed by atoms with E-state index in [0.29, 0.717) is 6.04 Å². The highest BCUT2D eigenvalue weighted by Gasteiger charge is 2.02. The summed E-state index contributed by atoms with van der Waals surface area (Å²) in [5.74, 6) is 0.903. The molecule has 14 heavy (non-hydrogen) atoms. The Balaban J connectivity index is 2.58. The van der Waals surface area contributed by atoms with Gasteiger partial charge in [0.1, 0.15) is 5.75 Å². The van der Waals surface area contributed by atoms with E-state index in [4.69, 9.17) is 4.74 Å². The molecule has 1 aromatic carbocycles. The van der Waals surface area contributed by atoms with E-state index in [-0.39, 0.29) is 0 Å². The van der Waals surface area contributed by atoms with Crippen LogP contribution in [0.3, 0.4) is 0 Å². The van der Waals surface area contributed by atoms with Crippen LogP contribution in [0.1, 0.15) is 26.7 Å². The highest BCUT2D eigenvalue weighted by Crippen LogP contribution is 2.16. The molecule has 1 aromatic rings. The zero-order valence-electron chi connectivity index (χ0n) is 9.21. The van der Waals surface area contributed by atoms with E-state index in [2.05, 4.69) is 31.3 Å². The summed E-state index contributed by atoms with van der Waals surface area (Å²) in [5.41, 5.74) is 1.17. The van der Waals surface area contributed by atoms with Crippen LogP contribution in [-0.4, -0.2) is 13.2 Å². The molecule has 0 unspecified atom stereocenters. The molecule has 0 bridgehead atoms. The average molecular weight is 193 g/mol. The summed E-state index contributed by atoms with van der Waals surface area (Å²) >= 11 is 0. The van der Waals surface area contributed by atoms with E-state index >= 15 is 0 Å². The normalized spacial score (nSPS) is 10.3. The van der Waals surface area contributed by atoms with Crippen molar-refractivity contribution in [1.82, 2.24) is 0 Å². The van der Waals surface area contributed by atoms with Crippen molar-refractivity contribution in [2.45, 2.75) is 32.7 Å². The lowest BCUT2D eigenvalue weighted by atomic mass is 10.1.